The minimum Gasteiger partial charge on any atom is -0.380 e. The highest BCUT2D eigenvalue weighted by Gasteiger charge is 2.18. The molecule has 0 bridgehead atoms. The molecule has 0 aliphatic carbocycles. The average molecular weight is 401 g/mol. The molecule has 0 amide bonds. The highest BCUT2D eigenvalue weighted by atomic mass is 79.9. The summed E-state index contributed by atoms with van der Waals surface area (Å²) in [6, 6.07) is 3.35. The van der Waals surface area contributed by atoms with Crippen LogP contribution < -0.4 is 4.72 Å². The molecule has 0 radical (unpaired) electrons. The van der Waals surface area contributed by atoms with Crippen LogP contribution >= 0.6 is 31.9 Å². The summed E-state index contributed by atoms with van der Waals surface area (Å²) >= 11 is 6.60. The Morgan fingerprint density at radius 2 is 1.94 bits per heavy atom. The van der Waals surface area contributed by atoms with Gasteiger partial charge >= 0.3 is 0 Å². The summed E-state index contributed by atoms with van der Waals surface area (Å²) in [7, 11) is -3.52. The molecule has 1 N–H and O–H groups in total. The number of aryl methyl sites for hydroxylation is 1. The van der Waals surface area contributed by atoms with Crippen molar-refractivity contribution in [3.63, 3.8) is 0 Å². The van der Waals surface area contributed by atoms with E-state index >= 15 is 0 Å². The molecule has 7 heteroatoms. The molecule has 0 fully saturated rings. The molecule has 1 rings (SSSR count). The fourth-order valence-corrected chi connectivity index (χ4v) is 3.99. The molecule has 18 heavy (non-hydrogen) atoms. The van der Waals surface area contributed by atoms with E-state index in [0.717, 1.165) is 10.0 Å². The number of hydrogen-bond acceptors (Lipinski definition) is 3. The Hall–Kier alpha value is 0.0500. The average Bonchev–Trinajstić information content (AvgIpc) is 2.29. The fourth-order valence-electron chi connectivity index (χ4n) is 1.30. The largest absolute Gasteiger partial charge is 0.380 e. The number of halogens is 2. The van der Waals surface area contributed by atoms with Gasteiger partial charge < -0.3 is 4.74 Å². The van der Waals surface area contributed by atoms with E-state index < -0.39 is 10.0 Å². The van der Waals surface area contributed by atoms with Crippen molar-refractivity contribution in [2.45, 2.75) is 18.7 Å². The zero-order valence-electron chi connectivity index (χ0n) is 10.2. The van der Waals surface area contributed by atoms with Gasteiger partial charge in [-0.05, 0) is 47.5 Å². The summed E-state index contributed by atoms with van der Waals surface area (Å²) in [4.78, 5) is 0.219. The van der Waals surface area contributed by atoms with Crippen LogP contribution in [0.4, 0.5) is 0 Å². The Balaban J connectivity index is 2.88. The molecule has 102 valence electrons. The van der Waals surface area contributed by atoms with Gasteiger partial charge in [-0.2, -0.15) is 0 Å². The van der Waals surface area contributed by atoms with Crippen LogP contribution in [-0.4, -0.2) is 28.2 Å². The lowest BCUT2D eigenvalue weighted by atomic mass is 10.2. The molecule has 0 spiro atoms. The first kappa shape index (κ1) is 16.1. The second-order valence-electron chi connectivity index (χ2n) is 3.63. The van der Waals surface area contributed by atoms with Crippen LogP contribution in [0.2, 0.25) is 0 Å². The predicted molar refractivity (Wildman–Crippen MR) is 78.3 cm³/mol. The Morgan fingerprint density at radius 3 is 2.56 bits per heavy atom. The minimum atomic E-state index is -3.52. The maximum atomic E-state index is 12.1. The van der Waals surface area contributed by atoms with Gasteiger partial charge in [-0.3, -0.25) is 0 Å². The van der Waals surface area contributed by atoms with E-state index in [0.29, 0.717) is 17.7 Å². The van der Waals surface area contributed by atoms with Gasteiger partial charge in [0, 0.05) is 22.1 Å². The van der Waals surface area contributed by atoms with Crippen molar-refractivity contribution in [1.29, 1.82) is 0 Å². The maximum absolute atomic E-state index is 12.1. The van der Waals surface area contributed by atoms with Gasteiger partial charge in [0.1, 0.15) is 0 Å². The van der Waals surface area contributed by atoms with E-state index in [1.165, 1.54) is 0 Å². The molecular weight excluding hydrogens is 386 g/mol. The van der Waals surface area contributed by atoms with Crippen LogP contribution in [0.1, 0.15) is 12.5 Å². The molecule has 0 unspecified atom stereocenters. The van der Waals surface area contributed by atoms with Gasteiger partial charge in [0.2, 0.25) is 10.0 Å². The second kappa shape index (κ2) is 7.00. The van der Waals surface area contributed by atoms with Gasteiger partial charge in [-0.1, -0.05) is 15.9 Å². The summed E-state index contributed by atoms with van der Waals surface area (Å²) in [6.45, 7) is 4.95. The van der Waals surface area contributed by atoms with Crippen molar-refractivity contribution in [2.24, 2.45) is 0 Å². The quantitative estimate of drug-likeness (QED) is 0.747. The fraction of sp³-hybridized carbons (Fsp3) is 0.455. The van der Waals surface area contributed by atoms with E-state index in [1.54, 1.807) is 12.1 Å². The van der Waals surface area contributed by atoms with Crippen molar-refractivity contribution in [3.8, 4) is 0 Å². The van der Waals surface area contributed by atoms with Gasteiger partial charge in [-0.15, -0.1) is 0 Å². The van der Waals surface area contributed by atoms with Crippen LogP contribution in [-0.2, 0) is 14.8 Å². The highest BCUT2D eigenvalue weighted by molar-refractivity contribution is 9.11. The Labute approximate surface area is 124 Å². The van der Waals surface area contributed by atoms with Crippen molar-refractivity contribution in [3.05, 3.63) is 26.6 Å². The first-order valence-corrected chi connectivity index (χ1v) is 8.48. The summed E-state index contributed by atoms with van der Waals surface area (Å²) < 4.78 is 33.0. The molecule has 0 atom stereocenters. The second-order valence-corrected chi connectivity index (χ2v) is 7.07. The van der Waals surface area contributed by atoms with Gasteiger partial charge in [0.25, 0.3) is 0 Å². The van der Waals surface area contributed by atoms with Gasteiger partial charge in [0.15, 0.2) is 0 Å². The normalized spacial score (nSPS) is 11.8. The molecule has 1 aromatic carbocycles. The maximum Gasteiger partial charge on any atom is 0.241 e. The summed E-state index contributed by atoms with van der Waals surface area (Å²) in [6.07, 6.45) is 0. The Bertz CT molecular complexity index is 517. The third kappa shape index (κ3) is 4.31. The number of nitrogens with one attached hydrogen (secondary N) is 1. The van der Waals surface area contributed by atoms with E-state index in [-0.39, 0.29) is 11.4 Å². The minimum absolute atomic E-state index is 0.219. The molecular formula is C11H15Br2NO3S. The van der Waals surface area contributed by atoms with Crippen molar-refractivity contribution in [2.75, 3.05) is 19.8 Å². The third-order valence-corrected chi connectivity index (χ3v) is 5.52. The number of hydrogen-bond donors (Lipinski definition) is 1. The first-order chi connectivity index (χ1) is 8.38. The van der Waals surface area contributed by atoms with E-state index in [2.05, 4.69) is 36.6 Å². The number of benzene rings is 1. The summed E-state index contributed by atoms with van der Waals surface area (Å²) in [5.74, 6) is 0. The Morgan fingerprint density at radius 1 is 1.28 bits per heavy atom. The van der Waals surface area contributed by atoms with Crippen LogP contribution in [0.15, 0.2) is 26.0 Å². The Kier molecular flexibility index (Phi) is 6.26. The molecule has 0 saturated heterocycles. The lowest BCUT2D eigenvalue weighted by molar-refractivity contribution is 0.153. The van der Waals surface area contributed by atoms with E-state index in [9.17, 15) is 8.42 Å². The lowest BCUT2D eigenvalue weighted by Crippen LogP contribution is -2.27. The van der Waals surface area contributed by atoms with Crippen LogP contribution in [0, 0.1) is 6.92 Å². The van der Waals surface area contributed by atoms with E-state index in [4.69, 9.17) is 4.74 Å². The number of rotatable bonds is 6. The van der Waals surface area contributed by atoms with Crippen LogP contribution in [0.5, 0.6) is 0 Å². The van der Waals surface area contributed by atoms with Crippen molar-refractivity contribution >= 4 is 41.9 Å². The molecule has 0 aromatic heterocycles. The summed E-state index contributed by atoms with van der Waals surface area (Å²) in [5.41, 5.74) is 0.968. The smallest absolute Gasteiger partial charge is 0.241 e. The van der Waals surface area contributed by atoms with Crippen LogP contribution in [0.3, 0.4) is 0 Å². The van der Waals surface area contributed by atoms with Gasteiger partial charge in [0.05, 0.1) is 11.5 Å². The zero-order valence-corrected chi connectivity index (χ0v) is 14.2. The standard InChI is InChI=1S/C11H15Br2NO3S/c1-3-17-5-4-14-18(15,16)11-7-9(12)8(2)6-10(11)13/h6-7,14H,3-5H2,1-2H3. The summed E-state index contributed by atoms with van der Waals surface area (Å²) in [5, 5.41) is 0. The van der Waals surface area contributed by atoms with Crippen molar-refractivity contribution in [1.82, 2.24) is 4.72 Å². The molecule has 0 aliphatic heterocycles. The SMILES string of the molecule is CCOCCNS(=O)(=O)c1cc(Br)c(C)cc1Br. The van der Waals surface area contributed by atoms with E-state index in [1.807, 2.05) is 13.8 Å². The molecule has 0 heterocycles. The lowest BCUT2D eigenvalue weighted by Gasteiger charge is -2.10. The first-order valence-electron chi connectivity index (χ1n) is 5.41. The molecule has 1 aromatic rings. The van der Waals surface area contributed by atoms with Crippen LogP contribution in [0.25, 0.3) is 0 Å². The monoisotopic (exact) mass is 399 g/mol. The molecule has 4 nitrogen and oxygen atoms in total. The number of sulfonamides is 1. The third-order valence-electron chi connectivity index (χ3n) is 2.25. The van der Waals surface area contributed by atoms with Crippen molar-refractivity contribution < 1.29 is 13.2 Å². The highest BCUT2D eigenvalue weighted by Crippen LogP contribution is 2.28. The molecule has 0 saturated carbocycles. The topological polar surface area (TPSA) is 55.4 Å². The molecule has 0 aliphatic rings. The predicted octanol–water partition coefficient (Wildman–Crippen LogP) is 2.83. The number of ether oxygens (including phenoxy) is 1. The zero-order chi connectivity index (χ0) is 13.8. The van der Waals surface area contributed by atoms with Gasteiger partial charge in [-0.25, -0.2) is 13.1 Å².